The molecule has 0 aliphatic carbocycles. The van der Waals surface area contributed by atoms with Crippen molar-refractivity contribution in [3.8, 4) is 5.75 Å². The summed E-state index contributed by atoms with van der Waals surface area (Å²) in [6.45, 7) is 1.63. The van der Waals surface area contributed by atoms with Crippen LogP contribution in [0.15, 0.2) is 42.5 Å². The van der Waals surface area contributed by atoms with Crippen molar-refractivity contribution < 1.29 is 9.53 Å². The van der Waals surface area contributed by atoms with Crippen molar-refractivity contribution in [2.24, 2.45) is 0 Å². The predicted molar refractivity (Wildman–Crippen MR) is 92.3 cm³/mol. The van der Waals surface area contributed by atoms with Gasteiger partial charge in [0.15, 0.2) is 0 Å². The molecule has 0 atom stereocenters. The van der Waals surface area contributed by atoms with E-state index in [4.69, 9.17) is 10.5 Å². The van der Waals surface area contributed by atoms with Gasteiger partial charge in [-0.3, -0.25) is 4.79 Å². The lowest BCUT2D eigenvalue weighted by atomic mass is 10.1. The summed E-state index contributed by atoms with van der Waals surface area (Å²) < 4.78 is 5.16. The molecule has 0 saturated carbocycles. The number of nitrogens with zero attached hydrogens (tertiary/aromatic N) is 1. The molecule has 2 aromatic carbocycles. The summed E-state index contributed by atoms with van der Waals surface area (Å²) in [4.78, 5) is 14.6. The minimum absolute atomic E-state index is 0.0332. The maximum Gasteiger partial charge on any atom is 0.256 e. The van der Waals surface area contributed by atoms with Gasteiger partial charge < -0.3 is 20.7 Å². The van der Waals surface area contributed by atoms with E-state index in [-0.39, 0.29) is 5.91 Å². The molecule has 0 bridgehead atoms. The smallest absolute Gasteiger partial charge is 0.256 e. The Morgan fingerprint density at radius 2 is 1.83 bits per heavy atom. The van der Waals surface area contributed by atoms with Gasteiger partial charge in [0, 0.05) is 24.5 Å². The van der Waals surface area contributed by atoms with E-state index in [0.717, 1.165) is 43.1 Å². The fourth-order valence-electron chi connectivity index (χ4n) is 2.77. The van der Waals surface area contributed by atoms with E-state index >= 15 is 0 Å². The highest BCUT2D eigenvalue weighted by Crippen LogP contribution is 2.26. The van der Waals surface area contributed by atoms with Crippen molar-refractivity contribution in [1.29, 1.82) is 0 Å². The van der Waals surface area contributed by atoms with E-state index in [1.165, 1.54) is 0 Å². The number of rotatable bonds is 4. The Kier molecular flexibility index (Phi) is 4.37. The van der Waals surface area contributed by atoms with E-state index in [1.807, 2.05) is 35.2 Å². The third-order valence-corrected chi connectivity index (χ3v) is 4.04. The van der Waals surface area contributed by atoms with Crippen LogP contribution in [0.5, 0.6) is 5.75 Å². The Balaban J connectivity index is 1.87. The number of anilines is 3. The van der Waals surface area contributed by atoms with E-state index in [2.05, 4.69) is 5.32 Å². The molecule has 1 fully saturated rings. The van der Waals surface area contributed by atoms with Crippen LogP contribution in [0.25, 0.3) is 0 Å². The van der Waals surface area contributed by atoms with Gasteiger partial charge in [0.25, 0.3) is 5.91 Å². The maximum absolute atomic E-state index is 12.7. The molecule has 1 saturated heterocycles. The van der Waals surface area contributed by atoms with Crippen LogP contribution in [0.1, 0.15) is 23.2 Å². The first-order chi connectivity index (χ1) is 11.2. The molecule has 0 aromatic heterocycles. The molecule has 3 rings (SSSR count). The van der Waals surface area contributed by atoms with Gasteiger partial charge in [0.05, 0.1) is 18.4 Å². The molecule has 0 spiro atoms. The first-order valence-electron chi connectivity index (χ1n) is 7.77. The standard InChI is InChI=1S/C18H21N3O2/c1-23-15-7-5-14(6-8-15)20-17-9-4-13(19)12-16(17)18(22)21-10-2-3-11-21/h4-9,12,20H,2-3,10-11,19H2,1H3. The third-order valence-electron chi connectivity index (χ3n) is 4.04. The molecule has 1 aliphatic heterocycles. The van der Waals surface area contributed by atoms with Crippen LogP contribution in [0, 0.1) is 0 Å². The molecule has 1 aliphatic rings. The lowest BCUT2D eigenvalue weighted by Gasteiger charge is -2.19. The molecule has 120 valence electrons. The second-order valence-corrected chi connectivity index (χ2v) is 5.66. The summed E-state index contributed by atoms with van der Waals surface area (Å²) in [5.74, 6) is 0.826. The van der Waals surface area contributed by atoms with Crippen LogP contribution in [-0.2, 0) is 0 Å². The van der Waals surface area contributed by atoms with Gasteiger partial charge in [-0.05, 0) is 55.3 Å². The van der Waals surface area contributed by atoms with Crippen molar-refractivity contribution in [3.05, 3.63) is 48.0 Å². The average molecular weight is 311 g/mol. The number of nitrogens with one attached hydrogen (secondary N) is 1. The van der Waals surface area contributed by atoms with Gasteiger partial charge in [-0.2, -0.15) is 0 Å². The van der Waals surface area contributed by atoms with Crippen molar-refractivity contribution >= 4 is 23.0 Å². The first-order valence-corrected chi connectivity index (χ1v) is 7.77. The highest BCUT2D eigenvalue weighted by atomic mass is 16.5. The number of carbonyl (C=O) groups excluding carboxylic acids is 1. The number of likely N-dealkylation sites (tertiary alicyclic amines) is 1. The summed E-state index contributed by atoms with van der Waals surface area (Å²) in [6, 6.07) is 13.0. The first kappa shape index (κ1) is 15.2. The number of carbonyl (C=O) groups is 1. The summed E-state index contributed by atoms with van der Waals surface area (Å²) in [5, 5.41) is 3.30. The number of nitrogens with two attached hydrogens (primary N) is 1. The van der Waals surface area contributed by atoms with Crippen LogP contribution in [-0.4, -0.2) is 31.0 Å². The number of hydrogen-bond donors (Lipinski definition) is 2. The zero-order valence-electron chi connectivity index (χ0n) is 13.2. The third kappa shape index (κ3) is 3.39. The predicted octanol–water partition coefficient (Wildman–Crippen LogP) is 3.26. The quantitative estimate of drug-likeness (QED) is 0.851. The van der Waals surface area contributed by atoms with Crippen LogP contribution in [0.4, 0.5) is 17.1 Å². The molecule has 1 heterocycles. The molecule has 0 unspecified atom stereocenters. The number of amides is 1. The summed E-state index contributed by atoms with van der Waals surface area (Å²) in [6.07, 6.45) is 2.13. The van der Waals surface area contributed by atoms with E-state index in [0.29, 0.717) is 11.3 Å². The van der Waals surface area contributed by atoms with E-state index in [1.54, 1.807) is 19.2 Å². The number of nitrogen functional groups attached to an aromatic ring is 1. The molecule has 2 aromatic rings. The van der Waals surface area contributed by atoms with E-state index in [9.17, 15) is 4.79 Å². The lowest BCUT2D eigenvalue weighted by Crippen LogP contribution is -2.28. The number of methoxy groups -OCH3 is 1. The fraction of sp³-hybridized carbons (Fsp3) is 0.278. The minimum Gasteiger partial charge on any atom is -0.497 e. The monoisotopic (exact) mass is 311 g/mol. The molecule has 5 nitrogen and oxygen atoms in total. The Bertz CT molecular complexity index is 692. The van der Waals surface area contributed by atoms with Gasteiger partial charge in [0.2, 0.25) is 0 Å². The SMILES string of the molecule is COc1ccc(Nc2ccc(N)cc2C(=O)N2CCCC2)cc1. The largest absolute Gasteiger partial charge is 0.497 e. The fourth-order valence-corrected chi connectivity index (χ4v) is 2.77. The van der Waals surface area contributed by atoms with Crippen LogP contribution in [0.2, 0.25) is 0 Å². The van der Waals surface area contributed by atoms with Gasteiger partial charge in [-0.15, -0.1) is 0 Å². The van der Waals surface area contributed by atoms with Crippen molar-refractivity contribution in [2.75, 3.05) is 31.2 Å². The minimum atomic E-state index is 0.0332. The summed E-state index contributed by atoms with van der Waals surface area (Å²) in [5.41, 5.74) is 8.74. The van der Waals surface area contributed by atoms with Crippen LogP contribution in [0.3, 0.4) is 0 Å². The van der Waals surface area contributed by atoms with Gasteiger partial charge in [0.1, 0.15) is 5.75 Å². The van der Waals surface area contributed by atoms with Crippen molar-refractivity contribution in [2.45, 2.75) is 12.8 Å². The zero-order valence-corrected chi connectivity index (χ0v) is 13.2. The molecule has 5 heteroatoms. The number of ether oxygens (including phenoxy) is 1. The molecular formula is C18H21N3O2. The molecule has 0 radical (unpaired) electrons. The molecule has 1 amide bonds. The topological polar surface area (TPSA) is 67.6 Å². The molecule has 3 N–H and O–H groups in total. The van der Waals surface area contributed by atoms with Gasteiger partial charge in [-0.1, -0.05) is 0 Å². The Hall–Kier alpha value is -2.69. The number of hydrogen-bond acceptors (Lipinski definition) is 4. The Morgan fingerprint density at radius 3 is 2.48 bits per heavy atom. The lowest BCUT2D eigenvalue weighted by molar-refractivity contribution is 0.0794. The normalized spacial score (nSPS) is 13.9. The maximum atomic E-state index is 12.7. The highest BCUT2D eigenvalue weighted by Gasteiger charge is 2.22. The van der Waals surface area contributed by atoms with Crippen LogP contribution < -0.4 is 15.8 Å². The van der Waals surface area contributed by atoms with Crippen molar-refractivity contribution in [1.82, 2.24) is 4.90 Å². The molecule has 23 heavy (non-hydrogen) atoms. The van der Waals surface area contributed by atoms with E-state index < -0.39 is 0 Å². The van der Waals surface area contributed by atoms with Crippen molar-refractivity contribution in [3.63, 3.8) is 0 Å². The summed E-state index contributed by atoms with van der Waals surface area (Å²) >= 11 is 0. The van der Waals surface area contributed by atoms with Crippen LogP contribution >= 0.6 is 0 Å². The molecular weight excluding hydrogens is 290 g/mol. The summed E-state index contributed by atoms with van der Waals surface area (Å²) in [7, 11) is 1.63. The second kappa shape index (κ2) is 6.60. The Morgan fingerprint density at radius 1 is 1.13 bits per heavy atom. The highest BCUT2D eigenvalue weighted by molar-refractivity contribution is 6.01. The van der Waals surface area contributed by atoms with Gasteiger partial charge >= 0.3 is 0 Å². The Labute approximate surface area is 136 Å². The average Bonchev–Trinajstić information content (AvgIpc) is 3.11. The second-order valence-electron chi connectivity index (χ2n) is 5.66. The zero-order chi connectivity index (χ0) is 16.2. The van der Waals surface area contributed by atoms with Gasteiger partial charge in [-0.25, -0.2) is 0 Å². The number of benzene rings is 2.